The second-order valence-electron chi connectivity index (χ2n) is 5.61. The fourth-order valence-corrected chi connectivity index (χ4v) is 2.93. The first kappa shape index (κ1) is 13.8. The summed E-state index contributed by atoms with van der Waals surface area (Å²) in [7, 11) is 0. The predicted octanol–water partition coefficient (Wildman–Crippen LogP) is 2.97. The van der Waals surface area contributed by atoms with Gasteiger partial charge in [-0.2, -0.15) is 0 Å². The third-order valence-electron chi connectivity index (χ3n) is 4.04. The lowest BCUT2D eigenvalue weighted by Crippen LogP contribution is -2.41. The summed E-state index contributed by atoms with van der Waals surface area (Å²) in [5.41, 5.74) is 10.5. The van der Waals surface area contributed by atoms with Crippen LogP contribution in [0.15, 0.2) is 48.5 Å². The Morgan fingerprint density at radius 1 is 1.19 bits per heavy atom. The van der Waals surface area contributed by atoms with Gasteiger partial charge in [0.05, 0.1) is 0 Å². The quantitative estimate of drug-likeness (QED) is 0.919. The van der Waals surface area contributed by atoms with Gasteiger partial charge in [0.15, 0.2) is 0 Å². The number of fused-ring (bicyclic) bond motifs is 1. The molecule has 0 saturated heterocycles. The summed E-state index contributed by atoms with van der Waals surface area (Å²) in [5, 5.41) is 0. The molecule has 1 aliphatic heterocycles. The molecule has 2 aromatic carbocycles. The van der Waals surface area contributed by atoms with E-state index in [1.165, 1.54) is 11.1 Å². The van der Waals surface area contributed by atoms with Crippen molar-refractivity contribution < 1.29 is 4.79 Å². The molecule has 3 nitrogen and oxygen atoms in total. The molecule has 1 aliphatic rings. The largest absolute Gasteiger partial charge is 0.316 e. The molecular weight excluding hydrogens is 260 g/mol. The van der Waals surface area contributed by atoms with Gasteiger partial charge in [0.2, 0.25) is 5.91 Å². The van der Waals surface area contributed by atoms with Crippen LogP contribution in [0.4, 0.5) is 5.69 Å². The van der Waals surface area contributed by atoms with E-state index >= 15 is 0 Å². The number of hydrogen-bond donors (Lipinski definition) is 1. The second kappa shape index (κ2) is 5.70. The Morgan fingerprint density at radius 2 is 1.95 bits per heavy atom. The van der Waals surface area contributed by atoms with Crippen molar-refractivity contribution in [2.45, 2.75) is 25.8 Å². The molecule has 0 unspecified atom stereocenters. The lowest BCUT2D eigenvalue weighted by molar-refractivity contribution is -0.120. The van der Waals surface area contributed by atoms with E-state index in [1.807, 2.05) is 41.3 Å². The molecule has 3 heteroatoms. The Morgan fingerprint density at radius 3 is 2.71 bits per heavy atom. The summed E-state index contributed by atoms with van der Waals surface area (Å²) in [4.78, 5) is 14.6. The van der Waals surface area contributed by atoms with Gasteiger partial charge in [0, 0.05) is 12.2 Å². The molecule has 0 aromatic heterocycles. The molecule has 2 N–H and O–H groups in total. The Labute approximate surface area is 125 Å². The van der Waals surface area contributed by atoms with Crippen LogP contribution in [-0.2, 0) is 11.2 Å². The van der Waals surface area contributed by atoms with Crippen molar-refractivity contribution in [3.63, 3.8) is 0 Å². The van der Waals surface area contributed by atoms with E-state index in [-0.39, 0.29) is 5.91 Å². The molecule has 0 fully saturated rings. The zero-order chi connectivity index (χ0) is 14.8. The van der Waals surface area contributed by atoms with Gasteiger partial charge in [0.25, 0.3) is 0 Å². The van der Waals surface area contributed by atoms with Crippen LogP contribution < -0.4 is 10.6 Å². The van der Waals surface area contributed by atoms with Crippen LogP contribution in [0.25, 0.3) is 0 Å². The van der Waals surface area contributed by atoms with Crippen molar-refractivity contribution in [2.24, 2.45) is 5.73 Å². The van der Waals surface area contributed by atoms with E-state index in [2.05, 4.69) is 19.1 Å². The molecule has 2 aromatic rings. The molecule has 108 valence electrons. The number of carbonyl (C=O) groups is 1. The number of rotatable bonds is 2. The van der Waals surface area contributed by atoms with Crippen LogP contribution in [0.2, 0.25) is 0 Å². The number of nitrogens with zero attached hydrogens (tertiary/aromatic N) is 1. The molecule has 0 aliphatic carbocycles. The van der Waals surface area contributed by atoms with E-state index in [9.17, 15) is 4.79 Å². The molecule has 21 heavy (non-hydrogen) atoms. The van der Waals surface area contributed by atoms with Gasteiger partial charge in [-0.1, -0.05) is 48.0 Å². The van der Waals surface area contributed by atoms with Gasteiger partial charge in [-0.05, 0) is 37.0 Å². The lowest BCUT2D eigenvalue weighted by atomic mass is 9.98. The highest BCUT2D eigenvalue weighted by Crippen LogP contribution is 2.29. The van der Waals surface area contributed by atoms with E-state index in [0.29, 0.717) is 0 Å². The van der Waals surface area contributed by atoms with E-state index in [1.54, 1.807) is 0 Å². The average Bonchev–Trinajstić information content (AvgIpc) is 2.53. The zero-order valence-corrected chi connectivity index (χ0v) is 12.3. The predicted molar refractivity (Wildman–Crippen MR) is 85.2 cm³/mol. The summed E-state index contributed by atoms with van der Waals surface area (Å²) < 4.78 is 0. The second-order valence-corrected chi connectivity index (χ2v) is 5.61. The monoisotopic (exact) mass is 280 g/mol. The summed E-state index contributed by atoms with van der Waals surface area (Å²) in [6.07, 6.45) is 2.02. The topological polar surface area (TPSA) is 46.3 Å². The van der Waals surface area contributed by atoms with E-state index < -0.39 is 6.04 Å². The molecule has 1 heterocycles. The number of hydrogen-bond acceptors (Lipinski definition) is 2. The van der Waals surface area contributed by atoms with Gasteiger partial charge < -0.3 is 10.6 Å². The number of anilines is 1. The Kier molecular flexibility index (Phi) is 3.76. The van der Waals surface area contributed by atoms with Gasteiger partial charge in [-0.3, -0.25) is 4.79 Å². The average molecular weight is 280 g/mol. The highest BCUT2D eigenvalue weighted by Gasteiger charge is 2.27. The van der Waals surface area contributed by atoms with Gasteiger partial charge >= 0.3 is 0 Å². The minimum Gasteiger partial charge on any atom is -0.316 e. The Bertz CT molecular complexity index is 652. The van der Waals surface area contributed by atoms with Crippen molar-refractivity contribution in [1.82, 2.24) is 0 Å². The van der Waals surface area contributed by atoms with E-state index in [0.717, 1.165) is 30.6 Å². The first-order valence-corrected chi connectivity index (χ1v) is 7.38. The lowest BCUT2D eigenvalue weighted by Gasteiger charge is -2.31. The maximum Gasteiger partial charge on any atom is 0.248 e. The van der Waals surface area contributed by atoms with Crippen molar-refractivity contribution in [2.75, 3.05) is 11.4 Å². The summed E-state index contributed by atoms with van der Waals surface area (Å²) in [6, 6.07) is 15.2. The normalized spacial score (nSPS) is 15.4. The van der Waals surface area contributed by atoms with Crippen LogP contribution in [0, 0.1) is 6.92 Å². The fourth-order valence-electron chi connectivity index (χ4n) is 2.93. The SMILES string of the molecule is Cc1ccc2c(c1)CCCN2C(=O)[C@H](N)c1ccccc1. The summed E-state index contributed by atoms with van der Waals surface area (Å²) >= 11 is 0. The molecule has 1 amide bonds. The van der Waals surface area contributed by atoms with Gasteiger partial charge in [0.1, 0.15) is 6.04 Å². The smallest absolute Gasteiger partial charge is 0.248 e. The number of benzene rings is 2. The number of aryl methyl sites for hydroxylation is 2. The minimum absolute atomic E-state index is 0.0222. The zero-order valence-electron chi connectivity index (χ0n) is 12.3. The molecule has 1 atom stereocenters. The molecule has 0 radical (unpaired) electrons. The number of amides is 1. The Hall–Kier alpha value is -2.13. The molecule has 0 saturated carbocycles. The highest BCUT2D eigenvalue weighted by molar-refractivity contribution is 5.98. The molecule has 3 rings (SSSR count). The molecule has 0 bridgehead atoms. The maximum absolute atomic E-state index is 12.7. The van der Waals surface area contributed by atoms with Crippen molar-refractivity contribution in [1.29, 1.82) is 0 Å². The molecule has 0 spiro atoms. The standard InChI is InChI=1S/C18H20N2O/c1-13-9-10-16-15(12-13)8-5-11-20(16)18(21)17(19)14-6-3-2-4-7-14/h2-4,6-7,9-10,12,17H,5,8,11,19H2,1H3/t17-/m1/s1. The summed E-state index contributed by atoms with van der Waals surface area (Å²) in [5.74, 6) is -0.0222. The fraction of sp³-hybridized carbons (Fsp3) is 0.278. The minimum atomic E-state index is -0.599. The first-order valence-electron chi connectivity index (χ1n) is 7.38. The Balaban J connectivity index is 1.90. The van der Waals surface area contributed by atoms with Crippen LogP contribution >= 0.6 is 0 Å². The van der Waals surface area contributed by atoms with Gasteiger partial charge in [-0.15, -0.1) is 0 Å². The van der Waals surface area contributed by atoms with Crippen molar-refractivity contribution in [3.8, 4) is 0 Å². The number of nitrogens with two attached hydrogens (primary N) is 1. The summed E-state index contributed by atoms with van der Waals surface area (Å²) in [6.45, 7) is 2.83. The highest BCUT2D eigenvalue weighted by atomic mass is 16.2. The maximum atomic E-state index is 12.7. The van der Waals surface area contributed by atoms with Crippen LogP contribution in [-0.4, -0.2) is 12.5 Å². The molecular formula is C18H20N2O. The van der Waals surface area contributed by atoms with Crippen molar-refractivity contribution >= 4 is 11.6 Å². The van der Waals surface area contributed by atoms with Crippen molar-refractivity contribution in [3.05, 3.63) is 65.2 Å². The van der Waals surface area contributed by atoms with E-state index in [4.69, 9.17) is 5.73 Å². The van der Waals surface area contributed by atoms with Gasteiger partial charge in [-0.25, -0.2) is 0 Å². The third kappa shape index (κ3) is 2.69. The van der Waals surface area contributed by atoms with Crippen LogP contribution in [0.1, 0.15) is 29.2 Å². The first-order chi connectivity index (χ1) is 10.2. The van der Waals surface area contributed by atoms with Crippen LogP contribution in [0.3, 0.4) is 0 Å². The van der Waals surface area contributed by atoms with Crippen LogP contribution in [0.5, 0.6) is 0 Å². The number of carbonyl (C=O) groups excluding carboxylic acids is 1. The third-order valence-corrected chi connectivity index (χ3v) is 4.04.